The van der Waals surface area contributed by atoms with Crippen molar-refractivity contribution in [3.8, 4) is 0 Å². The standard InChI is InChI=1S/C10H10F4N2O.ClH/c11-7-2-1-6(3-8(7)12)9(17)16-5-10(13,14)4-15;/h1-3H,4-5,15H2,(H,16,17);1H. The van der Waals surface area contributed by atoms with Crippen LogP contribution in [0.3, 0.4) is 0 Å². The molecular formula is C10H11ClF4N2O. The molecule has 0 bridgehead atoms. The average Bonchev–Trinajstić information content (AvgIpc) is 2.30. The van der Waals surface area contributed by atoms with Gasteiger partial charge in [-0.2, -0.15) is 0 Å². The molecule has 0 aliphatic carbocycles. The molecule has 1 aromatic rings. The topological polar surface area (TPSA) is 55.1 Å². The number of carbonyl (C=O) groups excluding carboxylic acids is 1. The van der Waals surface area contributed by atoms with Gasteiger partial charge >= 0.3 is 0 Å². The second-order valence-corrected chi connectivity index (χ2v) is 3.37. The van der Waals surface area contributed by atoms with Gasteiger partial charge in [0.05, 0.1) is 13.1 Å². The number of halogens is 5. The summed E-state index contributed by atoms with van der Waals surface area (Å²) in [5.74, 6) is -6.48. The van der Waals surface area contributed by atoms with Crippen molar-refractivity contribution >= 4 is 18.3 Å². The Kier molecular flexibility index (Phi) is 6.07. The van der Waals surface area contributed by atoms with Crippen LogP contribution < -0.4 is 11.1 Å². The SMILES string of the molecule is Cl.NCC(F)(F)CNC(=O)c1ccc(F)c(F)c1. The zero-order valence-corrected chi connectivity index (χ0v) is 9.87. The van der Waals surface area contributed by atoms with Gasteiger partial charge in [-0.05, 0) is 18.2 Å². The molecule has 0 saturated heterocycles. The molecule has 1 amide bonds. The van der Waals surface area contributed by atoms with Crippen LogP contribution >= 0.6 is 12.4 Å². The summed E-state index contributed by atoms with van der Waals surface area (Å²) < 4.78 is 50.7. The quantitative estimate of drug-likeness (QED) is 0.828. The van der Waals surface area contributed by atoms with Crippen molar-refractivity contribution in [1.82, 2.24) is 5.32 Å². The maximum absolute atomic E-state index is 12.8. The van der Waals surface area contributed by atoms with E-state index in [0.29, 0.717) is 6.07 Å². The zero-order chi connectivity index (χ0) is 13.1. The molecule has 1 aromatic carbocycles. The highest BCUT2D eigenvalue weighted by molar-refractivity contribution is 5.94. The molecule has 0 atom stereocenters. The van der Waals surface area contributed by atoms with Gasteiger partial charge in [-0.25, -0.2) is 17.6 Å². The van der Waals surface area contributed by atoms with Crippen molar-refractivity contribution in [3.63, 3.8) is 0 Å². The van der Waals surface area contributed by atoms with Crippen molar-refractivity contribution < 1.29 is 22.4 Å². The van der Waals surface area contributed by atoms with Gasteiger partial charge in [-0.3, -0.25) is 4.79 Å². The molecule has 3 N–H and O–H groups in total. The van der Waals surface area contributed by atoms with Gasteiger partial charge in [-0.15, -0.1) is 12.4 Å². The van der Waals surface area contributed by atoms with Crippen molar-refractivity contribution in [2.24, 2.45) is 5.73 Å². The summed E-state index contributed by atoms with van der Waals surface area (Å²) in [6.45, 7) is -1.87. The second kappa shape index (κ2) is 6.55. The average molecular weight is 287 g/mol. The van der Waals surface area contributed by atoms with Crippen LogP contribution in [-0.2, 0) is 0 Å². The maximum Gasteiger partial charge on any atom is 0.277 e. The minimum atomic E-state index is -3.23. The molecule has 18 heavy (non-hydrogen) atoms. The maximum atomic E-state index is 12.8. The van der Waals surface area contributed by atoms with Gasteiger partial charge in [0.25, 0.3) is 11.8 Å². The molecule has 0 unspecified atom stereocenters. The van der Waals surface area contributed by atoms with Crippen LogP contribution in [0.5, 0.6) is 0 Å². The normalized spacial score (nSPS) is 10.7. The van der Waals surface area contributed by atoms with Gasteiger partial charge in [0, 0.05) is 5.56 Å². The van der Waals surface area contributed by atoms with Crippen molar-refractivity contribution in [2.45, 2.75) is 5.92 Å². The Balaban J connectivity index is 0.00000289. The van der Waals surface area contributed by atoms with E-state index in [1.165, 1.54) is 0 Å². The van der Waals surface area contributed by atoms with Crippen LogP contribution in [0.2, 0.25) is 0 Å². The fraction of sp³-hybridized carbons (Fsp3) is 0.300. The first-order valence-electron chi connectivity index (χ1n) is 4.67. The number of hydrogen-bond donors (Lipinski definition) is 2. The summed E-state index contributed by atoms with van der Waals surface area (Å²) in [6.07, 6.45) is 0. The lowest BCUT2D eigenvalue weighted by atomic mass is 10.2. The fourth-order valence-corrected chi connectivity index (χ4v) is 1.02. The predicted molar refractivity (Wildman–Crippen MR) is 59.9 cm³/mol. The molecule has 0 aromatic heterocycles. The van der Waals surface area contributed by atoms with E-state index in [9.17, 15) is 22.4 Å². The number of benzene rings is 1. The summed E-state index contributed by atoms with van der Waals surface area (Å²) in [4.78, 5) is 11.3. The van der Waals surface area contributed by atoms with Crippen LogP contribution in [0.15, 0.2) is 18.2 Å². The lowest BCUT2D eigenvalue weighted by Gasteiger charge is -2.14. The monoisotopic (exact) mass is 286 g/mol. The van der Waals surface area contributed by atoms with Crippen LogP contribution in [0.1, 0.15) is 10.4 Å². The smallest absolute Gasteiger partial charge is 0.277 e. The molecule has 102 valence electrons. The minimum absolute atomic E-state index is 0. The highest BCUT2D eigenvalue weighted by Gasteiger charge is 2.27. The largest absolute Gasteiger partial charge is 0.346 e. The molecule has 0 aliphatic heterocycles. The van der Waals surface area contributed by atoms with Crippen LogP contribution in [0.4, 0.5) is 17.6 Å². The molecule has 0 radical (unpaired) electrons. The van der Waals surface area contributed by atoms with Crippen molar-refractivity contribution in [3.05, 3.63) is 35.4 Å². The van der Waals surface area contributed by atoms with E-state index >= 15 is 0 Å². The van der Waals surface area contributed by atoms with Gasteiger partial charge < -0.3 is 11.1 Å². The molecule has 3 nitrogen and oxygen atoms in total. The molecule has 0 heterocycles. The molecule has 8 heteroatoms. The number of nitrogens with two attached hydrogens (primary N) is 1. The highest BCUT2D eigenvalue weighted by Crippen LogP contribution is 2.11. The van der Waals surface area contributed by atoms with Crippen LogP contribution in [0, 0.1) is 11.6 Å². The van der Waals surface area contributed by atoms with E-state index in [1.54, 1.807) is 0 Å². The van der Waals surface area contributed by atoms with Crippen LogP contribution in [-0.4, -0.2) is 24.9 Å². The summed E-state index contributed by atoms with van der Waals surface area (Å²) >= 11 is 0. The molecular weight excluding hydrogens is 276 g/mol. The highest BCUT2D eigenvalue weighted by atomic mass is 35.5. The molecule has 1 rings (SSSR count). The number of hydrogen-bond acceptors (Lipinski definition) is 2. The Labute approximate surface area is 107 Å². The molecule has 0 fully saturated rings. The number of alkyl halides is 2. The lowest BCUT2D eigenvalue weighted by molar-refractivity contribution is 0.0118. The summed E-state index contributed by atoms with van der Waals surface area (Å²) in [5, 5.41) is 1.88. The number of nitrogens with one attached hydrogen (secondary N) is 1. The van der Waals surface area contributed by atoms with Crippen LogP contribution in [0.25, 0.3) is 0 Å². The van der Waals surface area contributed by atoms with Gasteiger partial charge in [0.15, 0.2) is 11.6 Å². The van der Waals surface area contributed by atoms with E-state index in [2.05, 4.69) is 0 Å². The van der Waals surface area contributed by atoms with Gasteiger partial charge in [0.1, 0.15) is 0 Å². The molecule has 0 spiro atoms. The van der Waals surface area contributed by atoms with E-state index in [1.807, 2.05) is 5.32 Å². The summed E-state index contributed by atoms with van der Waals surface area (Å²) in [6, 6.07) is 2.37. The fourth-order valence-electron chi connectivity index (χ4n) is 1.02. The summed E-state index contributed by atoms with van der Waals surface area (Å²) in [7, 11) is 0. The zero-order valence-electron chi connectivity index (χ0n) is 9.05. The third kappa shape index (κ3) is 4.50. The van der Waals surface area contributed by atoms with E-state index in [0.717, 1.165) is 12.1 Å². The first-order chi connectivity index (χ1) is 7.85. The third-order valence-corrected chi connectivity index (χ3v) is 1.99. The van der Waals surface area contributed by atoms with E-state index < -0.39 is 36.6 Å². The summed E-state index contributed by atoms with van der Waals surface area (Å²) in [5.41, 5.74) is 4.53. The molecule has 0 saturated carbocycles. The Hall–Kier alpha value is -1.34. The van der Waals surface area contributed by atoms with E-state index in [-0.39, 0.29) is 18.0 Å². The number of carbonyl (C=O) groups is 1. The van der Waals surface area contributed by atoms with Crippen molar-refractivity contribution in [2.75, 3.05) is 13.1 Å². The van der Waals surface area contributed by atoms with E-state index in [4.69, 9.17) is 5.73 Å². The van der Waals surface area contributed by atoms with Gasteiger partial charge in [0.2, 0.25) is 0 Å². The Morgan fingerprint density at radius 2 is 1.89 bits per heavy atom. The lowest BCUT2D eigenvalue weighted by Crippen LogP contribution is -2.41. The van der Waals surface area contributed by atoms with Crippen molar-refractivity contribution in [1.29, 1.82) is 0 Å². The Morgan fingerprint density at radius 3 is 2.39 bits per heavy atom. The minimum Gasteiger partial charge on any atom is -0.346 e. The predicted octanol–water partition coefficient (Wildman–Crippen LogP) is 1.71. The number of amides is 1. The first kappa shape index (κ1) is 16.7. The second-order valence-electron chi connectivity index (χ2n) is 3.37. The van der Waals surface area contributed by atoms with Gasteiger partial charge in [-0.1, -0.05) is 0 Å². The first-order valence-corrected chi connectivity index (χ1v) is 4.67. The molecule has 0 aliphatic rings. The Morgan fingerprint density at radius 1 is 1.28 bits per heavy atom. The third-order valence-electron chi connectivity index (χ3n) is 1.99. The Bertz CT molecular complexity index is 428. The number of rotatable bonds is 4.